The Morgan fingerprint density at radius 2 is 2.00 bits per heavy atom. The Labute approximate surface area is 160 Å². The molecule has 1 fully saturated rings. The van der Waals surface area contributed by atoms with Crippen molar-refractivity contribution in [3.05, 3.63) is 62.5 Å². The van der Waals surface area contributed by atoms with E-state index in [9.17, 15) is 0 Å². The van der Waals surface area contributed by atoms with Gasteiger partial charge in [0.1, 0.15) is 16.4 Å². The van der Waals surface area contributed by atoms with Crippen LogP contribution in [0.3, 0.4) is 0 Å². The summed E-state index contributed by atoms with van der Waals surface area (Å²) in [7, 11) is 0. The molecule has 2 aromatic heterocycles. The van der Waals surface area contributed by atoms with Crippen molar-refractivity contribution < 1.29 is 0 Å². The van der Waals surface area contributed by atoms with E-state index in [4.69, 9.17) is 16.6 Å². The largest absolute Gasteiger partial charge is 0.271 e. The molecule has 3 aliphatic rings. The zero-order chi connectivity index (χ0) is 17.5. The highest BCUT2D eigenvalue weighted by Crippen LogP contribution is 2.53. The molecule has 0 radical (unpaired) electrons. The normalized spacial score (nSPS) is 18.9. The number of fused-ring (bicyclic) bond motifs is 6. The maximum absolute atomic E-state index is 6.61. The second-order valence-electron chi connectivity index (χ2n) is 7.42. The van der Waals surface area contributed by atoms with Crippen LogP contribution in [0.15, 0.2) is 29.3 Å². The van der Waals surface area contributed by atoms with Crippen LogP contribution in [-0.2, 0) is 18.4 Å². The molecule has 130 valence electrons. The highest BCUT2D eigenvalue weighted by Gasteiger charge is 2.52. The Kier molecular flexibility index (Phi) is 2.93. The van der Waals surface area contributed by atoms with Gasteiger partial charge in [-0.2, -0.15) is 0 Å². The van der Waals surface area contributed by atoms with Crippen molar-refractivity contribution in [1.29, 1.82) is 0 Å². The van der Waals surface area contributed by atoms with Crippen LogP contribution >= 0.6 is 22.9 Å². The molecule has 1 aliphatic heterocycles. The molecule has 1 spiro atoms. The van der Waals surface area contributed by atoms with E-state index in [2.05, 4.69) is 20.8 Å². The molecule has 1 aromatic carbocycles. The van der Waals surface area contributed by atoms with Crippen molar-refractivity contribution in [3.63, 3.8) is 0 Å². The fourth-order valence-electron chi connectivity index (χ4n) is 4.32. The summed E-state index contributed by atoms with van der Waals surface area (Å²) >= 11 is 8.50. The summed E-state index contributed by atoms with van der Waals surface area (Å²) < 4.78 is 2.26. The zero-order valence-electron chi connectivity index (χ0n) is 14.4. The first-order chi connectivity index (χ1) is 12.7. The van der Waals surface area contributed by atoms with E-state index < -0.39 is 0 Å². The fourth-order valence-corrected chi connectivity index (χ4v) is 5.98. The Morgan fingerprint density at radius 3 is 2.81 bits per heavy atom. The van der Waals surface area contributed by atoms with Crippen molar-refractivity contribution >= 4 is 28.6 Å². The number of rotatable bonds is 1. The predicted molar refractivity (Wildman–Crippen MR) is 104 cm³/mol. The van der Waals surface area contributed by atoms with Crippen molar-refractivity contribution in [2.45, 2.75) is 44.6 Å². The van der Waals surface area contributed by atoms with Crippen molar-refractivity contribution in [2.75, 3.05) is 0 Å². The van der Waals surface area contributed by atoms with E-state index in [1.54, 1.807) is 0 Å². The minimum absolute atomic E-state index is 0.236. The molecule has 3 aromatic rings. The lowest BCUT2D eigenvalue weighted by molar-refractivity contribution is 0.661. The van der Waals surface area contributed by atoms with E-state index >= 15 is 0 Å². The predicted octanol–water partition coefficient (Wildman–Crippen LogP) is 4.62. The first-order valence-corrected chi connectivity index (χ1v) is 10.3. The maximum Gasteiger partial charge on any atom is 0.166 e. The average molecular weight is 381 g/mol. The molecule has 6 rings (SSSR count). The highest BCUT2D eigenvalue weighted by atomic mass is 35.5. The third-order valence-electron chi connectivity index (χ3n) is 5.76. The van der Waals surface area contributed by atoms with Crippen molar-refractivity contribution in [2.24, 2.45) is 4.99 Å². The third kappa shape index (κ3) is 1.88. The summed E-state index contributed by atoms with van der Waals surface area (Å²) in [5, 5.41) is 10.9. The summed E-state index contributed by atoms with van der Waals surface area (Å²) in [6.45, 7) is 2.04. The number of nitrogens with zero attached hydrogens (tertiary/aromatic N) is 4. The standard InChI is InChI=1S/C20H17ClN4S/c1-11-23-24-19-20(9-10-20)22-17(12-5-2-3-7-14(12)21)16-13-6-4-8-15(13)26-18(16)25(11)19/h2-3,5,7H,4,6,8-10H2,1H3. The Bertz CT molecular complexity index is 1100. The number of aryl methyl sites for hydroxylation is 2. The minimum atomic E-state index is -0.236. The van der Waals surface area contributed by atoms with Crippen LogP contribution in [0.25, 0.3) is 5.00 Å². The Balaban J connectivity index is 1.73. The SMILES string of the molecule is Cc1nnc2n1-c1sc3c(c1C(c1ccccc1Cl)=NC21CC1)CCC3. The van der Waals surface area contributed by atoms with Gasteiger partial charge in [-0.25, -0.2) is 0 Å². The van der Waals surface area contributed by atoms with Crippen LogP contribution in [0.2, 0.25) is 5.02 Å². The summed E-state index contributed by atoms with van der Waals surface area (Å²) in [5.41, 5.74) is 4.57. The van der Waals surface area contributed by atoms with Gasteiger partial charge >= 0.3 is 0 Å². The van der Waals surface area contributed by atoms with E-state index in [0.29, 0.717) is 0 Å². The van der Waals surface area contributed by atoms with Gasteiger partial charge in [-0.1, -0.05) is 29.8 Å². The van der Waals surface area contributed by atoms with Crippen LogP contribution in [-0.4, -0.2) is 20.5 Å². The first-order valence-electron chi connectivity index (χ1n) is 9.10. The Morgan fingerprint density at radius 1 is 1.15 bits per heavy atom. The van der Waals surface area contributed by atoms with E-state index in [1.807, 2.05) is 36.5 Å². The molecule has 0 unspecified atom stereocenters. The lowest BCUT2D eigenvalue weighted by atomic mass is 9.99. The molecular formula is C20H17ClN4S. The highest BCUT2D eigenvalue weighted by molar-refractivity contribution is 7.15. The van der Waals surface area contributed by atoms with Crippen LogP contribution in [0, 0.1) is 6.92 Å². The van der Waals surface area contributed by atoms with Gasteiger partial charge in [0.25, 0.3) is 0 Å². The quantitative estimate of drug-likeness (QED) is 0.618. The molecule has 0 atom stereocenters. The van der Waals surface area contributed by atoms with Crippen molar-refractivity contribution in [3.8, 4) is 5.00 Å². The van der Waals surface area contributed by atoms with Crippen LogP contribution in [0.1, 0.15) is 52.5 Å². The number of thiophene rings is 1. The van der Waals surface area contributed by atoms with Gasteiger partial charge in [-0.3, -0.25) is 9.56 Å². The van der Waals surface area contributed by atoms with Gasteiger partial charge in [0.05, 0.1) is 5.71 Å². The molecular weight excluding hydrogens is 364 g/mol. The summed E-state index contributed by atoms with van der Waals surface area (Å²) in [5.74, 6) is 1.95. The van der Waals surface area contributed by atoms with Gasteiger partial charge in [0, 0.05) is 21.0 Å². The zero-order valence-corrected chi connectivity index (χ0v) is 16.0. The second kappa shape index (κ2) is 5.05. The van der Waals surface area contributed by atoms with Gasteiger partial charge in [-0.05, 0) is 50.7 Å². The minimum Gasteiger partial charge on any atom is -0.271 e. The van der Waals surface area contributed by atoms with Crippen LogP contribution in [0.5, 0.6) is 0 Å². The molecule has 3 heterocycles. The van der Waals surface area contributed by atoms with Gasteiger partial charge < -0.3 is 0 Å². The van der Waals surface area contributed by atoms with Gasteiger partial charge in [0.2, 0.25) is 0 Å². The number of benzene rings is 1. The number of hydrogen-bond donors (Lipinski definition) is 0. The third-order valence-corrected chi connectivity index (χ3v) is 7.37. The van der Waals surface area contributed by atoms with E-state index in [-0.39, 0.29) is 5.54 Å². The number of aliphatic imine (C=N–C) groups is 1. The molecule has 0 saturated heterocycles. The molecule has 4 nitrogen and oxygen atoms in total. The monoisotopic (exact) mass is 380 g/mol. The van der Waals surface area contributed by atoms with E-state index in [1.165, 1.54) is 27.4 Å². The van der Waals surface area contributed by atoms with Crippen LogP contribution < -0.4 is 0 Å². The fraction of sp³-hybridized carbons (Fsp3) is 0.350. The Hall–Kier alpha value is -1.98. The van der Waals surface area contributed by atoms with Crippen LogP contribution in [0.4, 0.5) is 0 Å². The lowest BCUT2D eigenvalue weighted by Gasteiger charge is -2.12. The number of aromatic nitrogens is 3. The van der Waals surface area contributed by atoms with Gasteiger partial charge in [0.15, 0.2) is 5.82 Å². The molecule has 1 saturated carbocycles. The lowest BCUT2D eigenvalue weighted by Crippen LogP contribution is -2.12. The van der Waals surface area contributed by atoms with Crippen molar-refractivity contribution in [1.82, 2.24) is 14.8 Å². The molecule has 6 heteroatoms. The molecule has 26 heavy (non-hydrogen) atoms. The average Bonchev–Trinajstić information content (AvgIpc) is 2.97. The number of halogens is 1. The second-order valence-corrected chi connectivity index (χ2v) is 8.91. The molecule has 2 aliphatic carbocycles. The topological polar surface area (TPSA) is 43.1 Å². The first kappa shape index (κ1) is 15.1. The smallest absolute Gasteiger partial charge is 0.166 e. The number of hydrogen-bond acceptors (Lipinski definition) is 4. The maximum atomic E-state index is 6.61. The van der Waals surface area contributed by atoms with Gasteiger partial charge in [-0.15, -0.1) is 21.5 Å². The molecule has 0 bridgehead atoms. The summed E-state index contributed by atoms with van der Waals surface area (Å²) in [4.78, 5) is 6.80. The molecule has 0 N–H and O–H groups in total. The van der Waals surface area contributed by atoms with E-state index in [0.717, 1.165) is 53.6 Å². The summed E-state index contributed by atoms with van der Waals surface area (Å²) in [6.07, 6.45) is 5.55. The summed E-state index contributed by atoms with van der Waals surface area (Å²) in [6, 6.07) is 8.08. The molecule has 0 amide bonds.